The van der Waals surface area contributed by atoms with Gasteiger partial charge in [0.15, 0.2) is 0 Å². The normalized spacial score (nSPS) is 9.60. The molecule has 1 aromatic carbocycles. The highest BCUT2D eigenvalue weighted by Crippen LogP contribution is 2.26. The van der Waals surface area contributed by atoms with Gasteiger partial charge < -0.3 is 10.2 Å². The van der Waals surface area contributed by atoms with Crippen LogP contribution in [0.15, 0.2) is 30.5 Å². The van der Waals surface area contributed by atoms with Crippen LogP contribution in [0.5, 0.6) is 5.75 Å². The number of carbonyl (C=O) groups is 1. The van der Waals surface area contributed by atoms with Crippen LogP contribution in [0.25, 0.3) is 10.9 Å². The van der Waals surface area contributed by atoms with Gasteiger partial charge in [-0.1, -0.05) is 12.1 Å². The molecular weight excluding hydrogens is 218 g/mol. The number of aromatic carboxylic acids is 1. The number of hydrogen-bond acceptors (Lipinski definition) is 3. The summed E-state index contributed by atoms with van der Waals surface area (Å²) in [6.45, 7) is 0. The summed E-state index contributed by atoms with van der Waals surface area (Å²) >= 11 is 0. The van der Waals surface area contributed by atoms with Gasteiger partial charge >= 0.3 is 5.97 Å². The lowest BCUT2D eigenvalue weighted by molar-refractivity contribution is 0.0693. The molecule has 0 fully saturated rings. The number of pyridine rings is 1. The van der Waals surface area contributed by atoms with Gasteiger partial charge in [0.25, 0.3) is 0 Å². The molecule has 78 valence electrons. The van der Waals surface area contributed by atoms with E-state index in [9.17, 15) is 9.90 Å². The molecule has 2 rings (SSSR count). The first-order valence-corrected chi connectivity index (χ1v) is 4.00. The number of benzene rings is 1. The lowest BCUT2D eigenvalue weighted by Gasteiger charge is -2.02. The highest BCUT2D eigenvalue weighted by molar-refractivity contribution is 5.98. The molecule has 0 aliphatic rings. The molecule has 1 aromatic heterocycles. The van der Waals surface area contributed by atoms with Gasteiger partial charge in [-0.3, -0.25) is 4.98 Å². The zero-order valence-corrected chi connectivity index (χ0v) is 8.36. The Labute approximate surface area is 91.6 Å². The second-order valence-electron chi connectivity index (χ2n) is 2.84. The van der Waals surface area contributed by atoms with Gasteiger partial charge in [-0.15, -0.1) is 12.4 Å². The lowest BCUT2D eigenvalue weighted by atomic mass is 10.1. The van der Waals surface area contributed by atoms with Crippen molar-refractivity contribution in [3.8, 4) is 5.75 Å². The Morgan fingerprint density at radius 2 is 1.93 bits per heavy atom. The molecule has 4 nitrogen and oxygen atoms in total. The highest BCUT2D eigenvalue weighted by atomic mass is 35.5. The van der Waals surface area contributed by atoms with Crippen molar-refractivity contribution < 1.29 is 15.0 Å². The molecule has 0 saturated carbocycles. The van der Waals surface area contributed by atoms with Crippen molar-refractivity contribution in [3.63, 3.8) is 0 Å². The number of fused-ring (bicyclic) bond motifs is 1. The Bertz CT molecular complexity index is 513. The zero-order valence-electron chi connectivity index (χ0n) is 7.54. The number of halogens is 1. The highest BCUT2D eigenvalue weighted by Gasteiger charge is 2.12. The Kier molecular flexibility index (Phi) is 3.11. The van der Waals surface area contributed by atoms with Crippen LogP contribution in [0.2, 0.25) is 0 Å². The molecular formula is C10H8ClNO3. The summed E-state index contributed by atoms with van der Waals surface area (Å²) in [6, 6.07) is 6.83. The van der Waals surface area contributed by atoms with Gasteiger partial charge in [-0.25, -0.2) is 4.79 Å². The second-order valence-corrected chi connectivity index (χ2v) is 2.84. The zero-order chi connectivity index (χ0) is 10.1. The van der Waals surface area contributed by atoms with E-state index < -0.39 is 5.97 Å². The van der Waals surface area contributed by atoms with E-state index in [1.165, 1.54) is 0 Å². The van der Waals surface area contributed by atoms with Crippen LogP contribution in [0, 0.1) is 0 Å². The molecule has 0 aliphatic carbocycles. The van der Waals surface area contributed by atoms with Crippen molar-refractivity contribution in [2.45, 2.75) is 0 Å². The van der Waals surface area contributed by atoms with Crippen LogP contribution < -0.4 is 0 Å². The van der Waals surface area contributed by atoms with Crippen molar-refractivity contribution in [1.82, 2.24) is 4.98 Å². The molecule has 0 amide bonds. The van der Waals surface area contributed by atoms with Crippen molar-refractivity contribution in [1.29, 1.82) is 0 Å². The number of nitrogens with zero attached hydrogens (tertiary/aromatic N) is 1. The van der Waals surface area contributed by atoms with Crippen LogP contribution in [0.1, 0.15) is 10.4 Å². The predicted molar refractivity (Wildman–Crippen MR) is 57.6 cm³/mol. The Balaban J connectivity index is 0.00000112. The van der Waals surface area contributed by atoms with E-state index in [0.29, 0.717) is 10.9 Å². The molecule has 5 heteroatoms. The van der Waals surface area contributed by atoms with Crippen molar-refractivity contribution in [2.24, 2.45) is 0 Å². The third kappa shape index (κ3) is 1.85. The predicted octanol–water partition coefficient (Wildman–Crippen LogP) is 2.06. The first-order chi connectivity index (χ1) is 6.70. The summed E-state index contributed by atoms with van der Waals surface area (Å²) in [5.74, 6) is -1.41. The summed E-state index contributed by atoms with van der Waals surface area (Å²) in [7, 11) is 0. The number of rotatable bonds is 1. The largest absolute Gasteiger partial charge is 0.506 e. The van der Waals surface area contributed by atoms with Crippen LogP contribution in [0.4, 0.5) is 0 Å². The molecule has 2 aromatic rings. The number of hydrogen-bond donors (Lipinski definition) is 2. The minimum Gasteiger partial charge on any atom is -0.506 e. The molecule has 0 radical (unpaired) electrons. The van der Waals surface area contributed by atoms with E-state index in [0.717, 1.165) is 6.20 Å². The number of carboxylic acids is 1. The monoisotopic (exact) mass is 225 g/mol. The van der Waals surface area contributed by atoms with E-state index in [-0.39, 0.29) is 23.7 Å². The van der Waals surface area contributed by atoms with Crippen molar-refractivity contribution in [2.75, 3.05) is 0 Å². The van der Waals surface area contributed by atoms with Crippen LogP contribution in [-0.2, 0) is 0 Å². The molecule has 1 heterocycles. The third-order valence-electron chi connectivity index (χ3n) is 1.98. The van der Waals surface area contributed by atoms with E-state index in [4.69, 9.17) is 5.11 Å². The van der Waals surface area contributed by atoms with Crippen molar-refractivity contribution in [3.05, 3.63) is 36.0 Å². The maximum absolute atomic E-state index is 10.7. The number of aromatic nitrogens is 1. The Morgan fingerprint density at radius 1 is 1.27 bits per heavy atom. The van der Waals surface area contributed by atoms with E-state index >= 15 is 0 Å². The molecule has 2 N–H and O–H groups in total. The molecule has 0 aliphatic heterocycles. The summed E-state index contributed by atoms with van der Waals surface area (Å²) in [4.78, 5) is 14.6. The van der Waals surface area contributed by atoms with E-state index in [1.54, 1.807) is 24.3 Å². The summed E-state index contributed by atoms with van der Waals surface area (Å²) in [5, 5.41) is 18.8. The van der Waals surface area contributed by atoms with Crippen LogP contribution in [-0.4, -0.2) is 21.2 Å². The summed E-state index contributed by atoms with van der Waals surface area (Å²) < 4.78 is 0. The van der Waals surface area contributed by atoms with Gasteiger partial charge in [0.2, 0.25) is 0 Å². The van der Waals surface area contributed by atoms with Gasteiger partial charge in [0.05, 0.1) is 5.52 Å². The fraction of sp³-hybridized carbons (Fsp3) is 0. The lowest BCUT2D eigenvalue weighted by Crippen LogP contribution is -1.98. The average Bonchev–Trinajstić information content (AvgIpc) is 2.18. The van der Waals surface area contributed by atoms with E-state index in [1.807, 2.05) is 0 Å². The van der Waals surface area contributed by atoms with Gasteiger partial charge in [0, 0.05) is 11.6 Å². The summed E-state index contributed by atoms with van der Waals surface area (Å²) in [6.07, 6.45) is 1.15. The maximum atomic E-state index is 10.7. The third-order valence-corrected chi connectivity index (χ3v) is 1.98. The first-order valence-electron chi connectivity index (χ1n) is 4.00. The van der Waals surface area contributed by atoms with Gasteiger partial charge in [-0.2, -0.15) is 0 Å². The average molecular weight is 226 g/mol. The minimum atomic E-state index is -1.18. The SMILES string of the molecule is Cl.O=C(O)c1cnc2ccccc2c1O. The van der Waals surface area contributed by atoms with Crippen molar-refractivity contribution >= 4 is 29.3 Å². The van der Waals surface area contributed by atoms with Crippen LogP contribution in [0.3, 0.4) is 0 Å². The molecule has 0 atom stereocenters. The molecule has 0 bridgehead atoms. The Hall–Kier alpha value is -1.81. The second kappa shape index (κ2) is 4.14. The van der Waals surface area contributed by atoms with E-state index in [2.05, 4.69) is 4.98 Å². The molecule has 15 heavy (non-hydrogen) atoms. The smallest absolute Gasteiger partial charge is 0.341 e. The van der Waals surface area contributed by atoms with Gasteiger partial charge in [0.1, 0.15) is 11.3 Å². The quantitative estimate of drug-likeness (QED) is 0.779. The topological polar surface area (TPSA) is 70.4 Å². The standard InChI is InChI=1S/C10H7NO3.ClH/c12-9-6-3-1-2-4-8(6)11-5-7(9)10(13)14;/h1-5H,(H,11,12)(H,13,14);1H. The maximum Gasteiger partial charge on any atom is 0.341 e. The number of carboxylic acid groups (broad SMARTS) is 1. The first kappa shape index (κ1) is 11.3. The van der Waals surface area contributed by atoms with Gasteiger partial charge in [-0.05, 0) is 12.1 Å². The molecule has 0 spiro atoms. The summed E-state index contributed by atoms with van der Waals surface area (Å²) in [5.41, 5.74) is 0.402. The minimum absolute atomic E-state index is 0. The Morgan fingerprint density at radius 3 is 2.60 bits per heavy atom. The van der Waals surface area contributed by atoms with Crippen LogP contribution >= 0.6 is 12.4 Å². The molecule has 0 saturated heterocycles. The fourth-order valence-corrected chi connectivity index (χ4v) is 1.28. The fourth-order valence-electron chi connectivity index (χ4n) is 1.28. The number of para-hydroxylation sites is 1. The molecule has 0 unspecified atom stereocenters. The number of aromatic hydroxyl groups is 1.